The van der Waals surface area contributed by atoms with Gasteiger partial charge in [0.1, 0.15) is 0 Å². The normalized spacial score (nSPS) is 12.5. The van der Waals surface area contributed by atoms with Crippen LogP contribution in [-0.2, 0) is 4.79 Å². The van der Waals surface area contributed by atoms with Gasteiger partial charge in [0.05, 0.1) is 5.25 Å². The van der Waals surface area contributed by atoms with E-state index in [2.05, 4.69) is 26.1 Å². The summed E-state index contributed by atoms with van der Waals surface area (Å²) in [5, 5.41) is 2.90. The summed E-state index contributed by atoms with van der Waals surface area (Å²) in [5.74, 6) is 0.103. The molecule has 3 nitrogen and oxygen atoms in total. The summed E-state index contributed by atoms with van der Waals surface area (Å²) in [6.45, 7) is 3.67. The number of amides is 1. The van der Waals surface area contributed by atoms with Crippen molar-refractivity contribution in [3.8, 4) is 0 Å². The molecule has 0 aliphatic carbocycles. The summed E-state index contributed by atoms with van der Waals surface area (Å²) in [4.78, 5) is 15.1. The van der Waals surface area contributed by atoms with Crippen LogP contribution in [0, 0.1) is 0 Å². The zero-order valence-corrected chi connectivity index (χ0v) is 14.1. The van der Waals surface area contributed by atoms with Crippen molar-refractivity contribution in [3.63, 3.8) is 0 Å². The Morgan fingerprint density at radius 2 is 2.00 bits per heavy atom. The third-order valence-electron chi connectivity index (χ3n) is 2.58. The molecule has 0 saturated carbocycles. The molecule has 1 amide bonds. The molecule has 1 aromatic carbocycles. The monoisotopic (exact) mass is 344 g/mol. The van der Waals surface area contributed by atoms with E-state index in [4.69, 9.17) is 0 Å². The SMILES string of the molecule is CC(Sc1ccc(Br)cc1)C(=O)NCCCN(C)C. The van der Waals surface area contributed by atoms with Crippen molar-refractivity contribution in [2.45, 2.75) is 23.5 Å². The highest BCUT2D eigenvalue weighted by atomic mass is 79.9. The minimum atomic E-state index is -0.0690. The zero-order valence-electron chi connectivity index (χ0n) is 11.6. The minimum Gasteiger partial charge on any atom is -0.355 e. The lowest BCUT2D eigenvalue weighted by molar-refractivity contribution is -0.120. The summed E-state index contributed by atoms with van der Waals surface area (Å²) >= 11 is 4.98. The van der Waals surface area contributed by atoms with Crippen LogP contribution >= 0.6 is 27.7 Å². The first-order valence-corrected chi connectivity index (χ1v) is 8.01. The van der Waals surface area contributed by atoms with Crippen LogP contribution in [0.25, 0.3) is 0 Å². The molecule has 0 aromatic heterocycles. The lowest BCUT2D eigenvalue weighted by atomic mass is 10.3. The lowest BCUT2D eigenvalue weighted by Gasteiger charge is -2.13. The predicted octanol–water partition coefficient (Wildman–Crippen LogP) is 3.00. The minimum absolute atomic E-state index is 0.0690. The van der Waals surface area contributed by atoms with Gasteiger partial charge in [0.2, 0.25) is 5.91 Å². The van der Waals surface area contributed by atoms with E-state index in [0.717, 1.165) is 28.9 Å². The smallest absolute Gasteiger partial charge is 0.233 e. The molecule has 0 saturated heterocycles. The van der Waals surface area contributed by atoms with Gasteiger partial charge in [-0.05, 0) is 58.3 Å². The second kappa shape index (κ2) is 8.61. The fraction of sp³-hybridized carbons (Fsp3) is 0.500. The molecule has 0 bridgehead atoms. The fourth-order valence-corrected chi connectivity index (χ4v) is 2.68. The maximum atomic E-state index is 11.9. The van der Waals surface area contributed by atoms with Crippen molar-refractivity contribution in [2.24, 2.45) is 0 Å². The van der Waals surface area contributed by atoms with Gasteiger partial charge < -0.3 is 10.2 Å². The molecule has 0 aliphatic heterocycles. The molecule has 0 heterocycles. The number of nitrogens with zero attached hydrogens (tertiary/aromatic N) is 1. The van der Waals surface area contributed by atoms with Gasteiger partial charge in [0.25, 0.3) is 0 Å². The van der Waals surface area contributed by atoms with Crippen molar-refractivity contribution in [1.29, 1.82) is 0 Å². The van der Waals surface area contributed by atoms with E-state index in [1.165, 1.54) is 0 Å². The largest absolute Gasteiger partial charge is 0.355 e. The van der Waals surface area contributed by atoms with Crippen LogP contribution in [0.3, 0.4) is 0 Å². The summed E-state index contributed by atoms with van der Waals surface area (Å²) in [6, 6.07) is 8.02. The topological polar surface area (TPSA) is 32.3 Å². The van der Waals surface area contributed by atoms with Crippen molar-refractivity contribution >= 4 is 33.6 Å². The Morgan fingerprint density at radius 1 is 1.37 bits per heavy atom. The van der Waals surface area contributed by atoms with Crippen LogP contribution in [0.5, 0.6) is 0 Å². The number of thioether (sulfide) groups is 1. The molecule has 0 spiro atoms. The Morgan fingerprint density at radius 3 is 2.58 bits per heavy atom. The van der Waals surface area contributed by atoms with Gasteiger partial charge in [-0.2, -0.15) is 0 Å². The van der Waals surface area contributed by atoms with Gasteiger partial charge in [0, 0.05) is 15.9 Å². The van der Waals surface area contributed by atoms with Gasteiger partial charge >= 0.3 is 0 Å². The van der Waals surface area contributed by atoms with Crippen molar-refractivity contribution < 1.29 is 4.79 Å². The van der Waals surface area contributed by atoms with E-state index in [1.807, 2.05) is 45.3 Å². The Hall–Kier alpha value is -0.520. The first-order chi connectivity index (χ1) is 8.99. The number of hydrogen-bond acceptors (Lipinski definition) is 3. The molecule has 0 fully saturated rings. The molecule has 1 N–H and O–H groups in total. The number of carbonyl (C=O) groups excluding carboxylic acids is 1. The standard InChI is InChI=1S/C14H21BrN2OS/c1-11(14(18)16-9-4-10-17(2)3)19-13-7-5-12(15)6-8-13/h5-8,11H,4,9-10H2,1-3H3,(H,16,18). The van der Waals surface area contributed by atoms with E-state index >= 15 is 0 Å². The third kappa shape index (κ3) is 6.99. The molecule has 0 aliphatic rings. The van der Waals surface area contributed by atoms with Gasteiger partial charge in [-0.3, -0.25) is 4.79 Å². The van der Waals surface area contributed by atoms with Crippen LogP contribution in [0.4, 0.5) is 0 Å². The molecular formula is C14H21BrN2OS. The highest BCUT2D eigenvalue weighted by Gasteiger charge is 2.13. The maximum Gasteiger partial charge on any atom is 0.233 e. The molecule has 0 radical (unpaired) electrons. The highest BCUT2D eigenvalue weighted by molar-refractivity contribution is 9.10. The van der Waals surface area contributed by atoms with Gasteiger partial charge in [-0.15, -0.1) is 11.8 Å². The molecule has 1 unspecified atom stereocenters. The van der Waals surface area contributed by atoms with E-state index < -0.39 is 0 Å². The highest BCUT2D eigenvalue weighted by Crippen LogP contribution is 2.24. The van der Waals surface area contributed by atoms with Gasteiger partial charge in [-0.25, -0.2) is 0 Å². The number of rotatable bonds is 7. The zero-order chi connectivity index (χ0) is 14.3. The molecule has 1 rings (SSSR count). The average molecular weight is 345 g/mol. The third-order valence-corrected chi connectivity index (χ3v) is 4.22. The summed E-state index contributed by atoms with van der Waals surface area (Å²) < 4.78 is 1.05. The van der Waals surface area contributed by atoms with Gasteiger partial charge in [-0.1, -0.05) is 15.9 Å². The fourth-order valence-electron chi connectivity index (χ4n) is 1.52. The van der Waals surface area contributed by atoms with Crippen LogP contribution in [0.1, 0.15) is 13.3 Å². The van der Waals surface area contributed by atoms with Crippen LogP contribution < -0.4 is 5.32 Å². The number of nitrogens with one attached hydrogen (secondary N) is 1. The molecule has 106 valence electrons. The molecule has 1 aromatic rings. The molecule has 1 atom stereocenters. The second-order valence-electron chi connectivity index (χ2n) is 4.66. The Balaban J connectivity index is 2.30. The van der Waals surface area contributed by atoms with E-state index in [9.17, 15) is 4.79 Å². The lowest BCUT2D eigenvalue weighted by Crippen LogP contribution is -2.32. The first kappa shape index (κ1) is 16.5. The second-order valence-corrected chi connectivity index (χ2v) is 6.99. The summed E-state index contributed by atoms with van der Waals surface area (Å²) in [5.41, 5.74) is 0. The number of hydrogen-bond donors (Lipinski definition) is 1. The van der Waals surface area contributed by atoms with Crippen LogP contribution in [0.15, 0.2) is 33.6 Å². The van der Waals surface area contributed by atoms with Crippen molar-refractivity contribution in [2.75, 3.05) is 27.2 Å². The molecule has 5 heteroatoms. The average Bonchev–Trinajstić information content (AvgIpc) is 2.36. The Bertz CT molecular complexity index is 395. The van der Waals surface area contributed by atoms with Crippen LogP contribution in [0.2, 0.25) is 0 Å². The molecule has 19 heavy (non-hydrogen) atoms. The Kier molecular flexibility index (Phi) is 7.49. The van der Waals surface area contributed by atoms with E-state index in [0.29, 0.717) is 0 Å². The number of halogens is 1. The quantitative estimate of drug-likeness (QED) is 0.609. The maximum absolute atomic E-state index is 11.9. The van der Waals surface area contributed by atoms with Crippen LogP contribution in [-0.4, -0.2) is 43.2 Å². The number of carbonyl (C=O) groups is 1. The predicted molar refractivity (Wildman–Crippen MR) is 85.6 cm³/mol. The number of benzene rings is 1. The summed E-state index contributed by atoms with van der Waals surface area (Å²) in [7, 11) is 4.07. The van der Waals surface area contributed by atoms with E-state index in [-0.39, 0.29) is 11.2 Å². The first-order valence-electron chi connectivity index (χ1n) is 6.33. The molecular weight excluding hydrogens is 324 g/mol. The summed E-state index contributed by atoms with van der Waals surface area (Å²) in [6.07, 6.45) is 0.981. The van der Waals surface area contributed by atoms with Crippen molar-refractivity contribution in [1.82, 2.24) is 10.2 Å². The van der Waals surface area contributed by atoms with E-state index in [1.54, 1.807) is 11.8 Å². The van der Waals surface area contributed by atoms with Gasteiger partial charge in [0.15, 0.2) is 0 Å². The van der Waals surface area contributed by atoms with Crippen molar-refractivity contribution in [3.05, 3.63) is 28.7 Å². The Labute approximate surface area is 128 Å².